The molecule has 0 N–H and O–H groups in total. The number of fused-ring (bicyclic) bond motifs is 11. The molecule has 0 bridgehead atoms. The molecule has 0 fully saturated rings. The molecule has 4 aliphatic rings. The van der Waals surface area contributed by atoms with Gasteiger partial charge < -0.3 is 29.1 Å². The molecule has 0 saturated heterocycles. The minimum absolute atomic E-state index is 0.102. The van der Waals surface area contributed by atoms with E-state index >= 15 is 0 Å². The first-order valence-corrected chi connectivity index (χ1v) is 32.8. The van der Waals surface area contributed by atoms with Crippen molar-refractivity contribution in [1.82, 2.24) is 4.57 Å². The van der Waals surface area contributed by atoms with Gasteiger partial charge in [0.2, 0.25) is 6.71 Å². The van der Waals surface area contributed by atoms with Gasteiger partial charge in [-0.2, -0.15) is 0 Å². The number of hydrogen-bond acceptors (Lipinski definition) is 6. The summed E-state index contributed by atoms with van der Waals surface area (Å²) >= 11 is 1.91. The number of aromatic nitrogens is 1. The van der Waals surface area contributed by atoms with Crippen molar-refractivity contribution in [1.29, 1.82) is 0 Å². The summed E-state index contributed by atoms with van der Waals surface area (Å²) in [4.78, 5) is 15.0. The number of anilines is 15. The maximum atomic E-state index is 2.66. The smallest absolute Gasteiger partial charge is 0.252 e. The van der Waals surface area contributed by atoms with Gasteiger partial charge in [-0.3, -0.25) is 0 Å². The molecule has 19 rings (SSSR count). The molecule has 0 unspecified atom stereocenters. The van der Waals surface area contributed by atoms with Crippen LogP contribution in [-0.2, 0) is 0 Å². The molecule has 93 heavy (non-hydrogen) atoms. The first kappa shape index (κ1) is 53.2. The van der Waals surface area contributed by atoms with Crippen molar-refractivity contribution in [3.8, 4) is 5.69 Å². The van der Waals surface area contributed by atoms with Crippen LogP contribution < -0.4 is 57.3 Å². The van der Waals surface area contributed by atoms with E-state index < -0.39 is 0 Å². The van der Waals surface area contributed by atoms with Gasteiger partial charge >= 0.3 is 0 Å². The Labute approximate surface area is 545 Å². The van der Waals surface area contributed by atoms with Crippen LogP contribution in [0.15, 0.2) is 350 Å². The van der Waals surface area contributed by atoms with Crippen molar-refractivity contribution in [2.45, 2.75) is 9.79 Å². The van der Waals surface area contributed by atoms with E-state index in [4.69, 9.17) is 0 Å². The first-order valence-electron chi connectivity index (χ1n) is 32.0. The molecule has 434 valence electrons. The average molecular weight is 1200 g/mol. The zero-order chi connectivity index (χ0) is 61.1. The van der Waals surface area contributed by atoms with Gasteiger partial charge in [0, 0.05) is 100 Å². The highest BCUT2D eigenvalue weighted by Crippen LogP contribution is 2.53. The van der Waals surface area contributed by atoms with Gasteiger partial charge in [-0.05, 0) is 167 Å². The minimum Gasteiger partial charge on any atom is -0.311 e. The molecule has 9 heteroatoms. The van der Waals surface area contributed by atoms with Crippen LogP contribution in [0, 0.1) is 0 Å². The summed E-state index contributed by atoms with van der Waals surface area (Å²) in [5, 5.41) is 2.40. The largest absolute Gasteiger partial charge is 0.311 e. The van der Waals surface area contributed by atoms with E-state index in [9.17, 15) is 0 Å². The lowest BCUT2D eigenvalue weighted by atomic mass is 9.31. The molecule has 6 nitrogen and oxygen atoms in total. The van der Waals surface area contributed by atoms with E-state index in [2.05, 4.69) is 369 Å². The standard InChI is InChI=1S/C84H56B2N6S/c1-8-29-57(30-9-1)87(58-31-10-2-11-32-58)64-51-77-82-78(52-64)92(75-50-28-44-67-66-43-22-25-47-72(66)91(84(67)75)63-41-20-7-21-42-63)76-56-80-71(55-70(76)85(82)68-45-23-26-48-73(68)89(77)61-37-16-5-17-38-61)86-69-46-24-27-49-74(69)90(62-39-18-6-19-40-62)79-53-65(54-81(93-80)83(79)86)88(59-33-12-3-13-34-59)60-35-14-4-15-36-60/h1-56H. The van der Waals surface area contributed by atoms with E-state index in [1.165, 1.54) is 64.7 Å². The summed E-state index contributed by atoms with van der Waals surface area (Å²) in [6, 6.07) is 126. The molecule has 5 heterocycles. The second-order valence-electron chi connectivity index (χ2n) is 24.4. The molecule has 14 aromatic carbocycles. The third-order valence-electron chi connectivity index (χ3n) is 19.3. The van der Waals surface area contributed by atoms with Gasteiger partial charge in [-0.1, -0.05) is 217 Å². The fraction of sp³-hybridized carbons (Fsp3) is 0. The highest BCUT2D eigenvalue weighted by molar-refractivity contribution is 8.00. The van der Waals surface area contributed by atoms with Crippen LogP contribution in [0.3, 0.4) is 0 Å². The molecule has 0 saturated carbocycles. The minimum atomic E-state index is -0.170. The van der Waals surface area contributed by atoms with Crippen molar-refractivity contribution in [3.63, 3.8) is 0 Å². The summed E-state index contributed by atoms with van der Waals surface area (Å²) in [5.41, 5.74) is 27.8. The lowest BCUT2D eigenvalue weighted by Gasteiger charge is -2.46. The molecule has 0 atom stereocenters. The molecule has 15 aromatic rings. The number of nitrogens with zero attached hydrogens (tertiary/aromatic N) is 6. The summed E-state index contributed by atoms with van der Waals surface area (Å²) in [6.45, 7) is -0.273. The van der Waals surface area contributed by atoms with E-state index in [1.54, 1.807) is 0 Å². The highest BCUT2D eigenvalue weighted by Gasteiger charge is 2.48. The van der Waals surface area contributed by atoms with Crippen LogP contribution in [0.25, 0.3) is 27.5 Å². The van der Waals surface area contributed by atoms with Crippen LogP contribution in [0.2, 0.25) is 0 Å². The molecule has 4 aliphatic heterocycles. The van der Waals surface area contributed by atoms with E-state index in [0.29, 0.717) is 0 Å². The quantitative estimate of drug-likeness (QED) is 0.126. The third kappa shape index (κ3) is 8.33. The van der Waals surface area contributed by atoms with E-state index in [0.717, 1.165) is 90.7 Å². The second-order valence-corrected chi connectivity index (χ2v) is 25.4. The third-order valence-corrected chi connectivity index (χ3v) is 20.4. The zero-order valence-electron chi connectivity index (χ0n) is 50.6. The molecule has 1 aromatic heterocycles. The van der Waals surface area contributed by atoms with Crippen molar-refractivity contribution in [2.24, 2.45) is 0 Å². The first-order chi connectivity index (χ1) is 46.2. The Morgan fingerprint density at radius 3 is 1.19 bits per heavy atom. The SMILES string of the molecule is c1ccc(N(c2ccccc2)c2cc3c4c(c2)N(c2ccccc2)c2ccccc2B4c2cc4c(cc2S3)N(c2cccc3c5ccccc5n(-c5ccccc5)c23)c2cc(N(c3ccccc3)c3ccccc3)cc3c2B4c2ccccc2N3c2ccccc2)cc1. The van der Waals surface area contributed by atoms with Gasteiger partial charge in [0.05, 0.1) is 22.4 Å². The van der Waals surface area contributed by atoms with Crippen molar-refractivity contribution < 1.29 is 0 Å². The summed E-state index contributed by atoms with van der Waals surface area (Å²) < 4.78 is 2.50. The van der Waals surface area contributed by atoms with Crippen LogP contribution in [0.1, 0.15) is 0 Å². The van der Waals surface area contributed by atoms with Gasteiger partial charge in [-0.15, -0.1) is 0 Å². The summed E-state index contributed by atoms with van der Waals surface area (Å²) in [7, 11) is 0. The van der Waals surface area contributed by atoms with Gasteiger partial charge in [-0.25, -0.2) is 0 Å². The molecule has 0 spiro atoms. The van der Waals surface area contributed by atoms with Crippen molar-refractivity contribution in [2.75, 3.05) is 24.5 Å². The maximum absolute atomic E-state index is 2.66. The lowest BCUT2D eigenvalue weighted by Crippen LogP contribution is -2.64. The number of hydrogen-bond donors (Lipinski definition) is 0. The fourth-order valence-electron chi connectivity index (χ4n) is 15.6. The Kier molecular flexibility index (Phi) is 12.3. The molecule has 0 radical (unpaired) electrons. The topological polar surface area (TPSA) is 21.1 Å². The maximum Gasteiger partial charge on any atom is 0.252 e. The van der Waals surface area contributed by atoms with Crippen LogP contribution >= 0.6 is 11.8 Å². The monoisotopic (exact) mass is 1200 g/mol. The Morgan fingerprint density at radius 1 is 0.247 bits per heavy atom. The highest BCUT2D eigenvalue weighted by atomic mass is 32.2. The molecule has 0 aliphatic carbocycles. The Morgan fingerprint density at radius 2 is 0.656 bits per heavy atom. The van der Waals surface area contributed by atoms with Crippen molar-refractivity contribution >= 4 is 165 Å². The van der Waals surface area contributed by atoms with Crippen LogP contribution in [0.4, 0.5) is 85.3 Å². The second kappa shape index (κ2) is 21.5. The van der Waals surface area contributed by atoms with Crippen LogP contribution in [0.5, 0.6) is 0 Å². The van der Waals surface area contributed by atoms with Gasteiger partial charge in [0.25, 0.3) is 6.71 Å². The van der Waals surface area contributed by atoms with Gasteiger partial charge in [0.15, 0.2) is 0 Å². The number of para-hydroxylation sites is 11. The zero-order valence-corrected chi connectivity index (χ0v) is 51.4. The van der Waals surface area contributed by atoms with Gasteiger partial charge in [0.1, 0.15) is 0 Å². The lowest BCUT2D eigenvalue weighted by molar-refractivity contribution is 1.16. The van der Waals surface area contributed by atoms with E-state index in [-0.39, 0.29) is 13.4 Å². The van der Waals surface area contributed by atoms with Crippen molar-refractivity contribution in [3.05, 3.63) is 340 Å². The predicted octanol–water partition coefficient (Wildman–Crippen LogP) is 18.6. The summed E-state index contributed by atoms with van der Waals surface area (Å²) in [5.74, 6) is 0. The number of benzene rings is 14. The average Bonchev–Trinajstić information content (AvgIpc) is 1.04. The molecule has 0 amide bonds. The molecular weight excluding hydrogens is 1150 g/mol. The number of rotatable bonds is 10. The summed E-state index contributed by atoms with van der Waals surface area (Å²) in [6.07, 6.45) is 0. The Bertz CT molecular complexity index is 5330. The Balaban J connectivity index is 0.941. The normalized spacial score (nSPS) is 13.0. The Hall–Kier alpha value is -11.6. The predicted molar refractivity (Wildman–Crippen MR) is 394 cm³/mol. The van der Waals surface area contributed by atoms with Crippen LogP contribution in [-0.4, -0.2) is 18.0 Å². The fourth-order valence-corrected chi connectivity index (χ4v) is 16.8. The molecular formula is C84H56B2N6S. The van der Waals surface area contributed by atoms with E-state index in [1.807, 2.05) is 11.8 Å².